The molecule has 0 atom stereocenters. The Morgan fingerprint density at radius 3 is 2.48 bits per heavy atom. The van der Waals surface area contributed by atoms with E-state index in [0.717, 1.165) is 23.6 Å². The molecular weight excluding hydrogens is 393 g/mol. The van der Waals surface area contributed by atoms with Crippen LogP contribution in [0.2, 0.25) is 0 Å². The number of aromatic nitrogens is 1. The lowest BCUT2D eigenvalue weighted by atomic mass is 10.1. The number of hydrogen-bond acceptors (Lipinski definition) is 5. The van der Waals surface area contributed by atoms with E-state index in [9.17, 15) is 12.8 Å². The van der Waals surface area contributed by atoms with Crippen LogP contribution in [0.1, 0.15) is 12.1 Å². The molecule has 1 aliphatic heterocycles. The SMILES string of the molecule is O=S(=O)(c1ccc(F)cc1)N1CCCN(Cc2cc(-c3ccccc3)on2)CC1. The molecule has 0 aliphatic carbocycles. The van der Waals surface area contributed by atoms with Crippen LogP contribution in [0.4, 0.5) is 4.39 Å². The molecule has 0 unspecified atom stereocenters. The van der Waals surface area contributed by atoms with Crippen molar-refractivity contribution in [3.63, 3.8) is 0 Å². The van der Waals surface area contributed by atoms with Gasteiger partial charge >= 0.3 is 0 Å². The molecule has 6 nitrogen and oxygen atoms in total. The van der Waals surface area contributed by atoms with Crippen LogP contribution >= 0.6 is 0 Å². The lowest BCUT2D eigenvalue weighted by molar-refractivity contribution is 0.269. The highest BCUT2D eigenvalue weighted by molar-refractivity contribution is 7.89. The minimum atomic E-state index is -3.62. The molecule has 1 aliphatic rings. The molecule has 0 radical (unpaired) electrons. The Morgan fingerprint density at radius 1 is 0.966 bits per heavy atom. The lowest BCUT2D eigenvalue weighted by Gasteiger charge is -2.21. The predicted octanol–water partition coefficient (Wildman–Crippen LogP) is 3.38. The van der Waals surface area contributed by atoms with Crippen LogP contribution in [0, 0.1) is 5.82 Å². The summed E-state index contributed by atoms with van der Waals surface area (Å²) >= 11 is 0. The van der Waals surface area contributed by atoms with E-state index in [0.29, 0.717) is 32.6 Å². The summed E-state index contributed by atoms with van der Waals surface area (Å²) in [5, 5.41) is 4.16. The highest BCUT2D eigenvalue weighted by atomic mass is 32.2. The fraction of sp³-hybridized carbons (Fsp3) is 0.286. The van der Waals surface area contributed by atoms with Crippen LogP contribution in [-0.4, -0.2) is 49.0 Å². The molecule has 1 saturated heterocycles. The van der Waals surface area contributed by atoms with Crippen molar-refractivity contribution >= 4 is 10.0 Å². The molecule has 2 aromatic carbocycles. The van der Waals surface area contributed by atoms with E-state index in [2.05, 4.69) is 10.1 Å². The number of halogens is 1. The first kappa shape index (κ1) is 19.8. The molecule has 0 spiro atoms. The molecule has 0 bridgehead atoms. The molecule has 2 heterocycles. The Bertz CT molecular complexity index is 1050. The van der Waals surface area contributed by atoms with Gasteiger partial charge in [-0.15, -0.1) is 0 Å². The number of rotatable bonds is 5. The topological polar surface area (TPSA) is 66.7 Å². The van der Waals surface area contributed by atoms with Crippen molar-refractivity contribution < 1.29 is 17.3 Å². The molecule has 0 N–H and O–H groups in total. The van der Waals surface area contributed by atoms with Crippen LogP contribution in [0.3, 0.4) is 0 Å². The molecule has 1 aromatic heterocycles. The molecule has 29 heavy (non-hydrogen) atoms. The summed E-state index contributed by atoms with van der Waals surface area (Å²) in [5.41, 5.74) is 1.79. The van der Waals surface area contributed by atoms with E-state index in [1.54, 1.807) is 0 Å². The lowest BCUT2D eigenvalue weighted by Crippen LogP contribution is -2.35. The van der Waals surface area contributed by atoms with Gasteiger partial charge in [-0.05, 0) is 37.2 Å². The second-order valence-electron chi connectivity index (χ2n) is 7.04. The first-order chi connectivity index (χ1) is 14.0. The van der Waals surface area contributed by atoms with Gasteiger partial charge in [0.1, 0.15) is 5.82 Å². The Hall–Kier alpha value is -2.55. The third kappa shape index (κ3) is 4.55. The fourth-order valence-corrected chi connectivity index (χ4v) is 4.92. The maximum atomic E-state index is 13.1. The Kier molecular flexibility index (Phi) is 5.75. The first-order valence-corrected chi connectivity index (χ1v) is 11.0. The van der Waals surface area contributed by atoms with Crippen molar-refractivity contribution in [2.45, 2.75) is 17.9 Å². The average Bonchev–Trinajstić information content (AvgIpc) is 3.06. The number of benzene rings is 2. The van der Waals surface area contributed by atoms with E-state index in [4.69, 9.17) is 4.52 Å². The highest BCUT2D eigenvalue weighted by Gasteiger charge is 2.27. The van der Waals surface area contributed by atoms with Crippen molar-refractivity contribution in [1.29, 1.82) is 0 Å². The quantitative estimate of drug-likeness (QED) is 0.639. The summed E-state index contributed by atoms with van der Waals surface area (Å²) in [6, 6.07) is 16.7. The third-order valence-corrected chi connectivity index (χ3v) is 6.91. The Morgan fingerprint density at radius 2 is 1.72 bits per heavy atom. The minimum Gasteiger partial charge on any atom is -0.356 e. The zero-order valence-corrected chi connectivity index (χ0v) is 16.7. The number of sulfonamides is 1. The minimum absolute atomic E-state index is 0.122. The summed E-state index contributed by atoms with van der Waals surface area (Å²) < 4.78 is 45.7. The van der Waals surface area contributed by atoms with Gasteiger partial charge in [0.15, 0.2) is 5.76 Å². The second-order valence-corrected chi connectivity index (χ2v) is 8.97. The molecule has 0 amide bonds. The van der Waals surface area contributed by atoms with Gasteiger partial charge in [0, 0.05) is 37.8 Å². The van der Waals surface area contributed by atoms with Crippen molar-refractivity contribution in [3.05, 3.63) is 72.2 Å². The van der Waals surface area contributed by atoms with Crippen molar-refractivity contribution in [2.24, 2.45) is 0 Å². The van der Waals surface area contributed by atoms with Crippen molar-refractivity contribution in [1.82, 2.24) is 14.4 Å². The smallest absolute Gasteiger partial charge is 0.243 e. The summed E-state index contributed by atoms with van der Waals surface area (Å²) in [6.07, 6.45) is 0.712. The molecule has 1 fully saturated rings. The number of hydrogen-bond donors (Lipinski definition) is 0. The third-order valence-electron chi connectivity index (χ3n) is 5.00. The van der Waals surface area contributed by atoms with E-state index in [1.807, 2.05) is 36.4 Å². The molecule has 3 aromatic rings. The van der Waals surface area contributed by atoms with E-state index < -0.39 is 15.8 Å². The molecule has 4 rings (SSSR count). The van der Waals surface area contributed by atoms with Crippen LogP contribution in [0.5, 0.6) is 0 Å². The molecular formula is C21H22FN3O3S. The molecule has 8 heteroatoms. The highest BCUT2D eigenvalue weighted by Crippen LogP contribution is 2.22. The van der Waals surface area contributed by atoms with E-state index in [1.165, 1.54) is 28.6 Å². The van der Waals surface area contributed by atoms with Crippen LogP contribution in [-0.2, 0) is 16.6 Å². The maximum absolute atomic E-state index is 13.1. The summed E-state index contributed by atoms with van der Waals surface area (Å²) in [6.45, 7) is 2.77. The summed E-state index contributed by atoms with van der Waals surface area (Å²) in [4.78, 5) is 2.30. The fourth-order valence-electron chi connectivity index (χ4n) is 3.46. The standard InChI is InChI=1S/C21H22FN3O3S/c22-18-7-9-20(10-8-18)29(26,27)25-12-4-11-24(13-14-25)16-19-15-21(28-23-19)17-5-2-1-3-6-17/h1-3,5-10,15H,4,11-14,16H2. The van der Waals surface area contributed by atoms with Crippen LogP contribution in [0.15, 0.2) is 70.1 Å². The zero-order valence-electron chi connectivity index (χ0n) is 15.9. The van der Waals surface area contributed by atoms with Crippen LogP contribution < -0.4 is 0 Å². The van der Waals surface area contributed by atoms with E-state index >= 15 is 0 Å². The second kappa shape index (κ2) is 8.44. The Labute approximate surface area is 169 Å². The maximum Gasteiger partial charge on any atom is 0.243 e. The first-order valence-electron chi connectivity index (χ1n) is 9.51. The van der Waals surface area contributed by atoms with Gasteiger partial charge in [-0.1, -0.05) is 35.5 Å². The van der Waals surface area contributed by atoms with Gasteiger partial charge in [0.05, 0.1) is 10.6 Å². The molecule has 152 valence electrons. The summed E-state index contributed by atoms with van der Waals surface area (Å²) in [5.74, 6) is 0.268. The van der Waals surface area contributed by atoms with Crippen molar-refractivity contribution in [2.75, 3.05) is 26.2 Å². The van der Waals surface area contributed by atoms with E-state index in [-0.39, 0.29) is 4.90 Å². The van der Waals surface area contributed by atoms with Gasteiger partial charge in [-0.25, -0.2) is 12.8 Å². The largest absolute Gasteiger partial charge is 0.356 e. The van der Waals surface area contributed by atoms with Gasteiger partial charge < -0.3 is 4.52 Å². The Balaban J connectivity index is 1.40. The van der Waals surface area contributed by atoms with Crippen LogP contribution in [0.25, 0.3) is 11.3 Å². The summed E-state index contributed by atoms with van der Waals surface area (Å²) in [7, 11) is -3.62. The average molecular weight is 415 g/mol. The van der Waals surface area contributed by atoms with Gasteiger partial charge in [-0.2, -0.15) is 4.31 Å². The normalized spacial score (nSPS) is 16.6. The predicted molar refractivity (Wildman–Crippen MR) is 107 cm³/mol. The van der Waals surface area contributed by atoms with Gasteiger partial charge in [0.2, 0.25) is 10.0 Å². The number of nitrogens with zero attached hydrogens (tertiary/aromatic N) is 3. The zero-order chi connectivity index (χ0) is 20.3. The monoisotopic (exact) mass is 415 g/mol. The van der Waals surface area contributed by atoms with Gasteiger partial charge in [-0.3, -0.25) is 4.90 Å². The van der Waals surface area contributed by atoms with Crippen molar-refractivity contribution in [3.8, 4) is 11.3 Å². The molecule has 0 saturated carbocycles. The van der Waals surface area contributed by atoms with Gasteiger partial charge in [0.25, 0.3) is 0 Å².